The van der Waals surface area contributed by atoms with Gasteiger partial charge in [-0.25, -0.2) is 4.68 Å². The first kappa shape index (κ1) is 15.7. The maximum atomic E-state index is 4.89. The maximum absolute atomic E-state index is 4.89. The number of rotatable bonds is 2. The van der Waals surface area contributed by atoms with Crippen molar-refractivity contribution in [3.8, 4) is 22.5 Å². The lowest BCUT2D eigenvalue weighted by Gasteiger charge is -2.07. The fourth-order valence-electron chi connectivity index (χ4n) is 3.46. The molecule has 1 aliphatic heterocycles. The second-order valence-corrected chi connectivity index (χ2v) is 7.69. The van der Waals surface area contributed by atoms with Crippen molar-refractivity contribution in [3.63, 3.8) is 0 Å². The van der Waals surface area contributed by atoms with E-state index in [0.717, 1.165) is 61.6 Å². The lowest BCUT2D eigenvalue weighted by molar-refractivity contribution is 0.699. The Hall–Kier alpha value is -2.48. The maximum Gasteiger partial charge on any atom is 0.134 e. The molecule has 0 amide bonds. The SMILES string of the molecule is Cc1cccc(-c2c(-c3ccc4ncc(I)cc4c3)nn3c2NCC3)n1. The van der Waals surface area contributed by atoms with Crippen molar-refractivity contribution in [2.75, 3.05) is 11.9 Å². The molecule has 3 aromatic heterocycles. The van der Waals surface area contributed by atoms with Crippen LogP contribution in [-0.4, -0.2) is 26.3 Å². The molecular weight excluding hydrogens is 437 g/mol. The van der Waals surface area contributed by atoms with E-state index in [1.54, 1.807) is 0 Å². The van der Waals surface area contributed by atoms with Crippen molar-refractivity contribution < 1.29 is 0 Å². The summed E-state index contributed by atoms with van der Waals surface area (Å²) >= 11 is 2.30. The van der Waals surface area contributed by atoms with Crippen molar-refractivity contribution in [1.29, 1.82) is 0 Å². The highest BCUT2D eigenvalue weighted by atomic mass is 127. The molecular formula is C20H16IN5. The zero-order chi connectivity index (χ0) is 17.7. The van der Waals surface area contributed by atoms with Crippen LogP contribution in [-0.2, 0) is 6.54 Å². The van der Waals surface area contributed by atoms with Gasteiger partial charge in [0.05, 0.1) is 23.3 Å². The number of aromatic nitrogens is 4. The van der Waals surface area contributed by atoms with Crippen molar-refractivity contribution in [2.45, 2.75) is 13.5 Å². The van der Waals surface area contributed by atoms with Gasteiger partial charge in [0.25, 0.3) is 0 Å². The molecule has 4 aromatic rings. The fourth-order valence-corrected chi connectivity index (χ4v) is 3.94. The van der Waals surface area contributed by atoms with Crippen molar-refractivity contribution in [2.24, 2.45) is 0 Å². The second-order valence-electron chi connectivity index (χ2n) is 6.45. The average Bonchev–Trinajstić information content (AvgIpc) is 3.22. The summed E-state index contributed by atoms with van der Waals surface area (Å²) in [5, 5.41) is 9.48. The molecule has 6 heteroatoms. The van der Waals surface area contributed by atoms with Crippen molar-refractivity contribution in [1.82, 2.24) is 19.7 Å². The summed E-state index contributed by atoms with van der Waals surface area (Å²) in [7, 11) is 0. The van der Waals surface area contributed by atoms with Crippen LogP contribution in [0.25, 0.3) is 33.4 Å². The number of halogens is 1. The highest BCUT2D eigenvalue weighted by Gasteiger charge is 2.24. The molecule has 128 valence electrons. The third-order valence-electron chi connectivity index (χ3n) is 4.63. The van der Waals surface area contributed by atoms with Gasteiger partial charge < -0.3 is 5.32 Å². The summed E-state index contributed by atoms with van der Waals surface area (Å²) in [6.45, 7) is 3.80. The highest BCUT2D eigenvalue weighted by Crippen LogP contribution is 2.39. The van der Waals surface area contributed by atoms with E-state index < -0.39 is 0 Å². The molecule has 1 N–H and O–H groups in total. The highest BCUT2D eigenvalue weighted by molar-refractivity contribution is 14.1. The van der Waals surface area contributed by atoms with Crippen LogP contribution in [0.5, 0.6) is 0 Å². The van der Waals surface area contributed by atoms with E-state index in [1.165, 1.54) is 0 Å². The second kappa shape index (κ2) is 6.05. The normalized spacial score (nSPS) is 13.0. The zero-order valence-corrected chi connectivity index (χ0v) is 16.4. The number of nitrogens with zero attached hydrogens (tertiary/aromatic N) is 4. The van der Waals surface area contributed by atoms with E-state index in [9.17, 15) is 0 Å². The number of benzene rings is 1. The van der Waals surface area contributed by atoms with Gasteiger partial charge in [-0.2, -0.15) is 5.10 Å². The summed E-state index contributed by atoms with van der Waals surface area (Å²) in [5.74, 6) is 1.05. The minimum absolute atomic E-state index is 0.876. The molecule has 1 aliphatic rings. The van der Waals surface area contributed by atoms with Gasteiger partial charge in [-0.15, -0.1) is 0 Å². The van der Waals surface area contributed by atoms with Crippen LogP contribution in [0.1, 0.15) is 5.69 Å². The van der Waals surface area contributed by atoms with Crippen LogP contribution < -0.4 is 5.32 Å². The molecule has 0 fully saturated rings. The lowest BCUT2D eigenvalue weighted by Crippen LogP contribution is -1.98. The Labute approximate surface area is 164 Å². The quantitative estimate of drug-likeness (QED) is 0.455. The number of hydrogen-bond donors (Lipinski definition) is 1. The minimum Gasteiger partial charge on any atom is -0.368 e. The lowest BCUT2D eigenvalue weighted by atomic mass is 10.0. The van der Waals surface area contributed by atoms with Gasteiger partial charge >= 0.3 is 0 Å². The molecule has 1 aromatic carbocycles. The molecule has 0 aliphatic carbocycles. The van der Waals surface area contributed by atoms with E-state index in [2.05, 4.69) is 63.2 Å². The first-order chi connectivity index (χ1) is 12.7. The topological polar surface area (TPSA) is 55.6 Å². The summed E-state index contributed by atoms with van der Waals surface area (Å²) in [6, 6.07) is 14.6. The van der Waals surface area contributed by atoms with Gasteiger partial charge in [0.1, 0.15) is 11.5 Å². The van der Waals surface area contributed by atoms with Crippen LogP contribution in [0.3, 0.4) is 0 Å². The smallest absolute Gasteiger partial charge is 0.134 e. The number of fused-ring (bicyclic) bond motifs is 2. The number of nitrogens with one attached hydrogen (secondary N) is 1. The standard InChI is InChI=1S/C20H16IN5/c1-12-3-2-4-17(24-12)18-19(25-26-8-7-22-20(18)26)13-5-6-16-14(9-13)10-15(21)11-23-16/h2-6,9-11,22H,7-8H2,1H3. The molecule has 0 saturated carbocycles. The van der Waals surface area contributed by atoms with Crippen LogP contribution in [0.2, 0.25) is 0 Å². The van der Waals surface area contributed by atoms with E-state index in [-0.39, 0.29) is 0 Å². The molecule has 0 unspecified atom stereocenters. The zero-order valence-electron chi connectivity index (χ0n) is 14.2. The number of pyridine rings is 2. The van der Waals surface area contributed by atoms with Gasteiger partial charge in [-0.1, -0.05) is 12.1 Å². The van der Waals surface area contributed by atoms with E-state index in [0.29, 0.717) is 0 Å². The number of hydrogen-bond acceptors (Lipinski definition) is 4. The van der Waals surface area contributed by atoms with Crippen LogP contribution >= 0.6 is 22.6 Å². The van der Waals surface area contributed by atoms with E-state index in [4.69, 9.17) is 10.1 Å². The van der Waals surface area contributed by atoms with Gasteiger partial charge in [0.15, 0.2) is 0 Å². The summed E-state index contributed by atoms with van der Waals surface area (Å²) < 4.78 is 3.17. The predicted molar refractivity (Wildman–Crippen MR) is 112 cm³/mol. The number of anilines is 1. The fraction of sp³-hybridized carbons (Fsp3) is 0.150. The molecule has 5 rings (SSSR count). The predicted octanol–water partition coefficient (Wildman–Crippen LogP) is 4.50. The molecule has 0 radical (unpaired) electrons. The van der Waals surface area contributed by atoms with Gasteiger partial charge in [-0.05, 0) is 59.8 Å². The van der Waals surface area contributed by atoms with Crippen LogP contribution in [0.15, 0.2) is 48.7 Å². The summed E-state index contributed by atoms with van der Waals surface area (Å²) in [6.07, 6.45) is 1.89. The third kappa shape index (κ3) is 2.56. The molecule has 0 saturated heterocycles. The Morgan fingerprint density at radius 2 is 2.08 bits per heavy atom. The molecule has 0 spiro atoms. The Morgan fingerprint density at radius 3 is 2.96 bits per heavy atom. The Morgan fingerprint density at radius 1 is 1.15 bits per heavy atom. The molecule has 4 heterocycles. The third-order valence-corrected chi connectivity index (χ3v) is 5.22. The Kier molecular flexibility index (Phi) is 3.66. The van der Waals surface area contributed by atoms with Gasteiger partial charge in [0.2, 0.25) is 0 Å². The molecule has 5 nitrogen and oxygen atoms in total. The minimum atomic E-state index is 0.876. The van der Waals surface area contributed by atoms with Crippen molar-refractivity contribution >= 4 is 39.3 Å². The monoisotopic (exact) mass is 453 g/mol. The van der Waals surface area contributed by atoms with E-state index >= 15 is 0 Å². The molecule has 0 atom stereocenters. The summed E-state index contributed by atoms with van der Waals surface area (Å²) in [5.41, 5.74) is 6.08. The van der Waals surface area contributed by atoms with Crippen LogP contribution in [0.4, 0.5) is 5.82 Å². The Bertz CT molecular complexity index is 1150. The molecule has 0 bridgehead atoms. The Balaban J connectivity index is 1.75. The average molecular weight is 453 g/mol. The first-order valence-electron chi connectivity index (χ1n) is 8.53. The van der Waals surface area contributed by atoms with Crippen LogP contribution in [0, 0.1) is 10.5 Å². The largest absolute Gasteiger partial charge is 0.368 e. The van der Waals surface area contributed by atoms with Gasteiger partial charge in [-0.3, -0.25) is 9.97 Å². The molecule has 26 heavy (non-hydrogen) atoms. The first-order valence-corrected chi connectivity index (χ1v) is 9.61. The van der Waals surface area contributed by atoms with Crippen molar-refractivity contribution in [3.05, 3.63) is 57.9 Å². The summed E-state index contributed by atoms with van der Waals surface area (Å²) in [4.78, 5) is 9.25. The van der Waals surface area contributed by atoms with Gasteiger partial charge in [0, 0.05) is 33.0 Å². The van der Waals surface area contributed by atoms with E-state index in [1.807, 2.05) is 29.9 Å². The number of aryl methyl sites for hydroxylation is 1.